The van der Waals surface area contributed by atoms with Crippen LogP contribution in [0.1, 0.15) is 49.7 Å². The van der Waals surface area contributed by atoms with E-state index in [1.807, 2.05) is 207 Å². The normalized spacial score (nSPS) is 11.4. The molecule has 0 spiro atoms. The molecule has 0 saturated carbocycles. The molecule has 0 unspecified atom stereocenters. The van der Waals surface area contributed by atoms with Crippen molar-refractivity contribution >= 4 is 46.6 Å². The molecule has 0 bridgehead atoms. The Morgan fingerprint density at radius 2 is 0.462 bits per heavy atom. The van der Waals surface area contributed by atoms with E-state index in [0.717, 1.165) is 130 Å². The summed E-state index contributed by atoms with van der Waals surface area (Å²) in [5.74, 6) is 6.37. The van der Waals surface area contributed by atoms with Gasteiger partial charge in [-0.25, -0.2) is 0 Å². The Labute approximate surface area is 456 Å². The van der Waals surface area contributed by atoms with Gasteiger partial charge in [0.25, 0.3) is 0 Å². The fourth-order valence-corrected chi connectivity index (χ4v) is 7.42. The van der Waals surface area contributed by atoms with E-state index < -0.39 is 0 Å². The van der Waals surface area contributed by atoms with Gasteiger partial charge in [0.1, 0.15) is 46.0 Å². The lowest BCUT2D eigenvalue weighted by Gasteiger charge is -2.08. The first-order valence-electron chi connectivity index (χ1n) is 26.1. The predicted molar refractivity (Wildman–Crippen MR) is 308 cm³/mol. The Morgan fingerprint density at radius 3 is 0.718 bits per heavy atom. The van der Waals surface area contributed by atoms with Crippen LogP contribution in [-0.2, 0) is 0 Å². The molecule has 0 aromatic heterocycles. The molecule has 0 aliphatic carbocycles. The molecule has 0 N–H and O–H groups in total. The van der Waals surface area contributed by atoms with Crippen LogP contribution >= 0.6 is 0 Å². The molecule has 14 nitrogen and oxygen atoms in total. The third-order valence-electron chi connectivity index (χ3n) is 11.8. The monoisotopic (exact) mass is 1040 g/mol. The molecule has 8 aromatic carbocycles. The van der Waals surface area contributed by atoms with Gasteiger partial charge in [0, 0.05) is 25.3 Å². The fourth-order valence-electron chi connectivity index (χ4n) is 7.42. The lowest BCUT2D eigenvalue weighted by molar-refractivity contribution is 0.247. The van der Waals surface area contributed by atoms with Crippen molar-refractivity contribution in [3.05, 3.63) is 205 Å². The molecule has 0 aliphatic heterocycles. The summed E-state index contributed by atoms with van der Waals surface area (Å²) in [5, 5.41) is 17.1. The number of unbranched alkanes of at least 4 members (excludes halogenated alkanes) is 3. The highest BCUT2D eigenvalue weighted by Gasteiger charge is 2.03. The van der Waals surface area contributed by atoms with Crippen LogP contribution in [0.15, 0.2) is 225 Å². The molecule has 398 valence electrons. The molecule has 8 rings (SSSR count). The third-order valence-corrected chi connectivity index (χ3v) is 11.8. The molecule has 0 saturated heterocycles. The van der Waals surface area contributed by atoms with E-state index in [4.69, 9.17) is 37.9 Å². The number of ether oxygens (including phenoxy) is 8. The van der Waals surface area contributed by atoms with E-state index in [2.05, 4.69) is 30.4 Å². The topological polar surface area (TPSA) is 148 Å². The average Bonchev–Trinajstić information content (AvgIpc) is 3.49. The smallest absolute Gasteiger partial charge is 0.119 e. The summed E-state index contributed by atoms with van der Waals surface area (Å²) in [6, 6.07) is 61.3. The van der Waals surface area contributed by atoms with Crippen LogP contribution in [0, 0.1) is 0 Å². The number of aliphatic imine (C=N–C) groups is 2. The molecule has 78 heavy (non-hydrogen) atoms. The highest BCUT2D eigenvalue weighted by Crippen LogP contribution is 2.26. The van der Waals surface area contributed by atoms with Gasteiger partial charge in [0.15, 0.2) is 0 Å². The van der Waals surface area contributed by atoms with E-state index in [9.17, 15) is 0 Å². The first kappa shape index (κ1) is 54.9. The average molecular weight is 1050 g/mol. The summed E-state index contributed by atoms with van der Waals surface area (Å²) in [5.41, 5.74) is 6.67. The Bertz CT molecular complexity index is 2880. The van der Waals surface area contributed by atoms with Crippen molar-refractivity contribution in [1.82, 2.24) is 0 Å². The van der Waals surface area contributed by atoms with Crippen molar-refractivity contribution in [2.24, 2.45) is 30.4 Å². The van der Waals surface area contributed by atoms with Crippen LogP contribution in [0.25, 0.3) is 0 Å². The maximum absolute atomic E-state index is 5.99. The zero-order chi connectivity index (χ0) is 53.7. The number of azo groups is 2. The summed E-state index contributed by atoms with van der Waals surface area (Å²) >= 11 is 0. The summed E-state index contributed by atoms with van der Waals surface area (Å²) in [6.07, 6.45) is 9.25. The maximum Gasteiger partial charge on any atom is 0.119 e. The molecular weight excluding hydrogens is 981 g/mol. The number of benzene rings is 8. The molecule has 8 aromatic rings. The predicted octanol–water partition coefficient (Wildman–Crippen LogP) is 16.7. The summed E-state index contributed by atoms with van der Waals surface area (Å²) in [4.78, 5) is 9.26. The Kier molecular flexibility index (Phi) is 21.8. The number of methoxy groups -OCH3 is 2. The molecule has 0 heterocycles. The van der Waals surface area contributed by atoms with E-state index in [0.29, 0.717) is 39.6 Å². The SMILES string of the molecule is COc1ccc(N=Nc2ccc(OCCCOc3ccc(C=Nc4ccc(OCCCCCCOc5ccc(N=Cc6ccc(OCCCOc7ccc(N=Nc8ccc(OC)cc8)cc7)cc6)cc5)cc4)cc3)cc2)cc1. The minimum atomic E-state index is 0.535. The van der Waals surface area contributed by atoms with Crippen LogP contribution in [-0.4, -0.2) is 66.3 Å². The van der Waals surface area contributed by atoms with Gasteiger partial charge >= 0.3 is 0 Å². The van der Waals surface area contributed by atoms with Crippen molar-refractivity contribution in [2.75, 3.05) is 53.9 Å². The fraction of sp³-hybridized carbons (Fsp3) is 0.219. The quantitative estimate of drug-likeness (QED) is 0.0237. The minimum absolute atomic E-state index is 0.535. The Hall–Kier alpha value is -9.30. The molecule has 0 aliphatic rings. The van der Waals surface area contributed by atoms with E-state index >= 15 is 0 Å². The van der Waals surface area contributed by atoms with Crippen molar-refractivity contribution in [3.8, 4) is 46.0 Å². The van der Waals surface area contributed by atoms with Crippen molar-refractivity contribution in [3.63, 3.8) is 0 Å². The van der Waals surface area contributed by atoms with Crippen LogP contribution in [0.3, 0.4) is 0 Å². The highest BCUT2D eigenvalue weighted by molar-refractivity contribution is 5.82. The second kappa shape index (κ2) is 30.9. The standard InChI is InChI=1S/C64H64N6O8/c1-71-57-29-17-53(18-30-57)67-69-55-21-37-63(38-22-55)77-45-7-43-75-59-25-9-49(10-26-59)47-65-51-13-33-61(34-14-51)73-41-5-3-4-6-42-74-62-35-15-52(16-36-62)66-48-50-11-27-60(28-12-50)76-44-8-46-78-64-39-23-56(24-40-64)70-68-54-19-31-58(72-2)32-20-54/h9-40,47-48H,3-8,41-46H2,1-2H3. The highest BCUT2D eigenvalue weighted by atomic mass is 16.5. The lowest BCUT2D eigenvalue weighted by Crippen LogP contribution is -2.04. The van der Waals surface area contributed by atoms with E-state index in [-0.39, 0.29) is 0 Å². The van der Waals surface area contributed by atoms with E-state index in [1.165, 1.54) is 0 Å². The van der Waals surface area contributed by atoms with Gasteiger partial charge in [0.2, 0.25) is 0 Å². The molecule has 0 fully saturated rings. The number of hydrogen-bond acceptors (Lipinski definition) is 14. The zero-order valence-electron chi connectivity index (χ0n) is 44.1. The first-order valence-corrected chi connectivity index (χ1v) is 26.1. The lowest BCUT2D eigenvalue weighted by atomic mass is 10.2. The molecule has 14 heteroatoms. The summed E-state index contributed by atoms with van der Waals surface area (Å²) in [6.45, 7) is 3.48. The van der Waals surface area contributed by atoms with Gasteiger partial charge in [-0.05, 0) is 231 Å². The molecule has 0 radical (unpaired) electrons. The number of hydrogen-bond donors (Lipinski definition) is 0. The molecule has 0 amide bonds. The molecular formula is C64H64N6O8. The summed E-state index contributed by atoms with van der Waals surface area (Å²) < 4.78 is 45.9. The maximum atomic E-state index is 5.99. The minimum Gasteiger partial charge on any atom is -0.497 e. The number of nitrogens with zero attached hydrogens (tertiary/aromatic N) is 6. The van der Waals surface area contributed by atoms with Gasteiger partial charge in [-0.2, -0.15) is 20.5 Å². The van der Waals surface area contributed by atoms with Crippen LogP contribution in [0.2, 0.25) is 0 Å². The number of rotatable bonds is 31. The third kappa shape index (κ3) is 19.4. The van der Waals surface area contributed by atoms with Crippen molar-refractivity contribution in [2.45, 2.75) is 38.5 Å². The zero-order valence-corrected chi connectivity index (χ0v) is 44.1. The second-order valence-electron chi connectivity index (χ2n) is 17.6. The van der Waals surface area contributed by atoms with Gasteiger partial charge in [0.05, 0.1) is 88.0 Å². The van der Waals surface area contributed by atoms with Crippen molar-refractivity contribution < 1.29 is 37.9 Å². The first-order chi connectivity index (χ1) is 38.5. The van der Waals surface area contributed by atoms with Gasteiger partial charge < -0.3 is 37.9 Å². The van der Waals surface area contributed by atoms with Crippen molar-refractivity contribution in [1.29, 1.82) is 0 Å². The van der Waals surface area contributed by atoms with Crippen LogP contribution in [0.5, 0.6) is 46.0 Å². The van der Waals surface area contributed by atoms with Gasteiger partial charge in [-0.15, -0.1) is 0 Å². The largest absolute Gasteiger partial charge is 0.497 e. The molecule has 0 atom stereocenters. The van der Waals surface area contributed by atoms with Crippen LogP contribution < -0.4 is 37.9 Å². The van der Waals surface area contributed by atoms with E-state index in [1.54, 1.807) is 14.2 Å². The van der Waals surface area contributed by atoms with Crippen LogP contribution in [0.4, 0.5) is 34.1 Å². The summed E-state index contributed by atoms with van der Waals surface area (Å²) in [7, 11) is 3.27. The Balaban J connectivity index is 0.615. The van der Waals surface area contributed by atoms with Gasteiger partial charge in [-0.1, -0.05) is 0 Å². The van der Waals surface area contributed by atoms with Gasteiger partial charge in [-0.3, -0.25) is 9.98 Å². The second-order valence-corrected chi connectivity index (χ2v) is 17.6. The Morgan fingerprint density at radius 1 is 0.244 bits per heavy atom.